The van der Waals surface area contributed by atoms with Gasteiger partial charge in [0.05, 0.1) is 24.9 Å². The number of methoxy groups -OCH3 is 2. The fourth-order valence-electron chi connectivity index (χ4n) is 3.26. The van der Waals surface area contributed by atoms with Crippen LogP contribution in [0.15, 0.2) is 53.7 Å². The van der Waals surface area contributed by atoms with Crippen LogP contribution in [0.2, 0.25) is 0 Å². The molecule has 166 valence electrons. The topological polar surface area (TPSA) is 60.4 Å². The number of alkyl halides is 3. The minimum atomic E-state index is -4.45. The summed E-state index contributed by atoms with van der Waals surface area (Å²) in [7, 11) is 2.97. The number of amides is 1. The van der Waals surface area contributed by atoms with Crippen molar-refractivity contribution in [3.8, 4) is 5.75 Å². The van der Waals surface area contributed by atoms with Gasteiger partial charge in [0.25, 0.3) is 0 Å². The molecule has 0 bridgehead atoms. The van der Waals surface area contributed by atoms with Crippen molar-refractivity contribution in [3.63, 3.8) is 0 Å². The van der Waals surface area contributed by atoms with E-state index >= 15 is 0 Å². The number of ether oxygens (including phenoxy) is 2. The van der Waals surface area contributed by atoms with Gasteiger partial charge in [0.1, 0.15) is 12.4 Å². The Kier molecular flexibility index (Phi) is 7.17. The van der Waals surface area contributed by atoms with E-state index in [4.69, 9.17) is 14.3 Å². The summed E-state index contributed by atoms with van der Waals surface area (Å²) in [4.78, 5) is 19.4. The second kappa shape index (κ2) is 9.82. The highest BCUT2D eigenvalue weighted by molar-refractivity contribution is 6.01. The van der Waals surface area contributed by atoms with E-state index in [0.717, 1.165) is 29.2 Å². The summed E-state index contributed by atoms with van der Waals surface area (Å²) in [6, 6.07) is 12.3. The summed E-state index contributed by atoms with van der Waals surface area (Å²) in [6.07, 6.45) is -4.40. The lowest BCUT2D eigenvalue weighted by Crippen LogP contribution is -2.39. The number of rotatable bonds is 8. The van der Waals surface area contributed by atoms with Gasteiger partial charge in [0.2, 0.25) is 5.91 Å². The zero-order chi connectivity index (χ0) is 22.4. The third-order valence-corrected chi connectivity index (χ3v) is 4.83. The standard InChI is InChI=1S/C22H23F3N2O4/c1-29-14-21(28)27(12-15-4-3-5-17(10-15)22(23,24)25)13-19-11-20(26-31-19)16-6-8-18(30-2)9-7-16/h3-10,19H,11-14H2,1-2H3. The van der Waals surface area contributed by atoms with Gasteiger partial charge in [-0.05, 0) is 47.5 Å². The molecule has 1 atom stereocenters. The van der Waals surface area contributed by atoms with Crippen molar-refractivity contribution in [2.45, 2.75) is 25.2 Å². The molecule has 0 fully saturated rings. The number of benzene rings is 2. The van der Waals surface area contributed by atoms with Gasteiger partial charge in [-0.25, -0.2) is 0 Å². The highest BCUT2D eigenvalue weighted by Gasteiger charge is 2.31. The molecule has 0 aromatic heterocycles. The number of nitrogens with zero attached hydrogens (tertiary/aromatic N) is 2. The van der Waals surface area contributed by atoms with E-state index in [2.05, 4.69) is 5.16 Å². The van der Waals surface area contributed by atoms with Gasteiger partial charge in [-0.2, -0.15) is 13.2 Å². The molecule has 31 heavy (non-hydrogen) atoms. The summed E-state index contributed by atoms with van der Waals surface area (Å²) < 4.78 is 49.1. The first-order valence-corrected chi connectivity index (χ1v) is 9.60. The van der Waals surface area contributed by atoms with Crippen LogP contribution in [0.5, 0.6) is 5.75 Å². The molecule has 1 aliphatic heterocycles. The van der Waals surface area contributed by atoms with Crippen molar-refractivity contribution < 1.29 is 32.3 Å². The van der Waals surface area contributed by atoms with E-state index in [9.17, 15) is 18.0 Å². The molecule has 1 unspecified atom stereocenters. The minimum Gasteiger partial charge on any atom is -0.497 e. The monoisotopic (exact) mass is 436 g/mol. The number of carbonyl (C=O) groups is 1. The van der Waals surface area contributed by atoms with Crippen molar-refractivity contribution in [2.24, 2.45) is 5.16 Å². The Bertz CT molecular complexity index is 929. The Morgan fingerprint density at radius 2 is 1.94 bits per heavy atom. The summed E-state index contributed by atoms with van der Waals surface area (Å²) in [5.41, 5.74) is 1.21. The smallest absolute Gasteiger partial charge is 0.416 e. The van der Waals surface area contributed by atoms with Crippen LogP contribution in [-0.4, -0.2) is 50.0 Å². The zero-order valence-corrected chi connectivity index (χ0v) is 17.2. The van der Waals surface area contributed by atoms with Crippen LogP contribution >= 0.6 is 0 Å². The highest BCUT2D eigenvalue weighted by Crippen LogP contribution is 2.30. The van der Waals surface area contributed by atoms with Crippen LogP contribution in [-0.2, 0) is 27.1 Å². The Morgan fingerprint density at radius 1 is 1.19 bits per heavy atom. The first-order valence-electron chi connectivity index (χ1n) is 9.60. The van der Waals surface area contributed by atoms with Crippen LogP contribution in [0.25, 0.3) is 0 Å². The van der Waals surface area contributed by atoms with Crippen LogP contribution < -0.4 is 4.74 Å². The number of hydrogen-bond acceptors (Lipinski definition) is 5. The van der Waals surface area contributed by atoms with Crippen LogP contribution in [0.4, 0.5) is 13.2 Å². The first-order chi connectivity index (χ1) is 14.8. The average molecular weight is 436 g/mol. The van der Waals surface area contributed by atoms with Gasteiger partial charge >= 0.3 is 6.18 Å². The lowest BCUT2D eigenvalue weighted by atomic mass is 10.0. The van der Waals surface area contributed by atoms with Gasteiger partial charge in [-0.1, -0.05) is 17.3 Å². The molecule has 1 amide bonds. The van der Waals surface area contributed by atoms with E-state index in [1.165, 1.54) is 18.1 Å². The maximum Gasteiger partial charge on any atom is 0.416 e. The Morgan fingerprint density at radius 3 is 2.58 bits per heavy atom. The molecule has 1 aliphatic rings. The van der Waals surface area contributed by atoms with Crippen molar-refractivity contribution in [1.82, 2.24) is 4.90 Å². The van der Waals surface area contributed by atoms with Gasteiger partial charge < -0.3 is 19.2 Å². The Labute approximate surface area is 178 Å². The minimum absolute atomic E-state index is 0.00381. The molecule has 6 nitrogen and oxygen atoms in total. The number of halogens is 3. The summed E-state index contributed by atoms with van der Waals surface area (Å²) >= 11 is 0. The van der Waals surface area contributed by atoms with Crippen LogP contribution in [0, 0.1) is 0 Å². The van der Waals surface area contributed by atoms with E-state index in [1.807, 2.05) is 24.3 Å². The molecule has 0 aliphatic carbocycles. The fraction of sp³-hybridized carbons (Fsp3) is 0.364. The molecule has 0 saturated carbocycles. The van der Waals surface area contributed by atoms with Gasteiger partial charge in [0, 0.05) is 20.1 Å². The van der Waals surface area contributed by atoms with Gasteiger partial charge in [-0.15, -0.1) is 0 Å². The molecule has 2 aromatic rings. The first kappa shape index (κ1) is 22.6. The Balaban J connectivity index is 1.68. The van der Waals surface area contributed by atoms with E-state index in [0.29, 0.717) is 12.0 Å². The number of carbonyl (C=O) groups excluding carboxylic acids is 1. The van der Waals surface area contributed by atoms with E-state index < -0.39 is 17.8 Å². The van der Waals surface area contributed by atoms with Crippen molar-refractivity contribution in [1.29, 1.82) is 0 Å². The van der Waals surface area contributed by atoms with E-state index in [1.54, 1.807) is 13.2 Å². The molecule has 3 rings (SSSR count). The zero-order valence-electron chi connectivity index (χ0n) is 17.2. The summed E-state index contributed by atoms with van der Waals surface area (Å²) in [5.74, 6) is 0.374. The lowest BCUT2D eigenvalue weighted by Gasteiger charge is -2.25. The molecular formula is C22H23F3N2O4. The maximum atomic E-state index is 13.0. The second-order valence-electron chi connectivity index (χ2n) is 7.10. The lowest BCUT2D eigenvalue weighted by molar-refractivity contribution is -0.137. The molecule has 9 heteroatoms. The SMILES string of the molecule is COCC(=O)N(Cc1cccc(C(F)(F)F)c1)CC1CC(c2ccc(OC)cc2)=NO1. The molecule has 0 saturated heterocycles. The fourth-order valence-corrected chi connectivity index (χ4v) is 3.26. The average Bonchev–Trinajstić information content (AvgIpc) is 3.22. The summed E-state index contributed by atoms with van der Waals surface area (Å²) in [5, 5.41) is 4.11. The molecule has 0 spiro atoms. The second-order valence-corrected chi connectivity index (χ2v) is 7.10. The normalized spacial score (nSPS) is 15.9. The van der Waals surface area contributed by atoms with Crippen molar-refractivity contribution in [3.05, 3.63) is 65.2 Å². The van der Waals surface area contributed by atoms with Gasteiger partial charge in [0.15, 0.2) is 6.10 Å². The van der Waals surface area contributed by atoms with Gasteiger partial charge in [-0.3, -0.25) is 4.79 Å². The number of oxime groups is 1. The quantitative estimate of drug-likeness (QED) is 0.630. The highest BCUT2D eigenvalue weighted by atomic mass is 19.4. The molecule has 2 aromatic carbocycles. The van der Waals surface area contributed by atoms with Crippen LogP contribution in [0.3, 0.4) is 0 Å². The number of hydrogen-bond donors (Lipinski definition) is 0. The summed E-state index contributed by atoms with van der Waals surface area (Å²) in [6.45, 7) is -0.0106. The predicted octanol–water partition coefficient (Wildman–Crippen LogP) is 3.88. The van der Waals surface area contributed by atoms with E-state index in [-0.39, 0.29) is 25.6 Å². The predicted molar refractivity (Wildman–Crippen MR) is 108 cm³/mol. The molecule has 1 heterocycles. The van der Waals surface area contributed by atoms with Crippen LogP contribution in [0.1, 0.15) is 23.1 Å². The largest absolute Gasteiger partial charge is 0.497 e. The van der Waals surface area contributed by atoms with Crippen molar-refractivity contribution >= 4 is 11.6 Å². The molecule has 0 radical (unpaired) electrons. The van der Waals surface area contributed by atoms with Crippen molar-refractivity contribution in [2.75, 3.05) is 27.4 Å². The molecule has 0 N–H and O–H groups in total. The Hall–Kier alpha value is -3.07. The third kappa shape index (κ3) is 5.97. The third-order valence-electron chi connectivity index (χ3n) is 4.83. The molecular weight excluding hydrogens is 413 g/mol. The maximum absolute atomic E-state index is 13.0.